The van der Waals surface area contributed by atoms with E-state index in [1.165, 1.54) is 19.4 Å². The van der Waals surface area contributed by atoms with Crippen molar-refractivity contribution in [2.45, 2.75) is 140 Å². The van der Waals surface area contributed by atoms with Crippen LogP contribution in [0.2, 0.25) is 0 Å². The number of para-hydroxylation sites is 1. The molecule has 81 heavy (non-hydrogen) atoms. The van der Waals surface area contributed by atoms with Crippen LogP contribution in [0.3, 0.4) is 0 Å². The monoisotopic (exact) mass is 1120 g/mol. The number of carbonyl (C=O) groups is 9. The lowest BCUT2D eigenvalue weighted by Gasteiger charge is -2.28. The van der Waals surface area contributed by atoms with Gasteiger partial charge < -0.3 is 74.4 Å². The Morgan fingerprint density at radius 1 is 0.778 bits per heavy atom. The number of carbonyl (C=O) groups excluding carboxylic acids is 9. The topological polar surface area (TPSA) is 397 Å². The number of morpholine rings is 1. The number of hydrogen-bond donors (Lipinski definition) is 13. The SMILES string of the molecule is CCCC[C@H](NC(C)=O)C(=O)N[C@H]1CC(=O)NCCCC[C@@H](C(N)=O)NC(=O)[C@H](Cc2c[nH]c3ccccc23)NC(=O)[C@H](CCCN=C(N)N)NC(=O)[C@@H](Cc2ccc(CN3CCOCC3)cc2)NC(=O)[C@H](Cc2cnc[nH]2)NC1=O. The van der Waals surface area contributed by atoms with Gasteiger partial charge in [-0.15, -0.1) is 0 Å². The maximum absolute atomic E-state index is 15.0. The van der Waals surface area contributed by atoms with E-state index in [4.69, 9.17) is 21.9 Å². The zero-order chi connectivity index (χ0) is 58.3. The number of amides is 9. The first kappa shape index (κ1) is 61.8. The first-order valence-corrected chi connectivity index (χ1v) is 27.6. The largest absolute Gasteiger partial charge is 0.379 e. The highest BCUT2D eigenvalue weighted by molar-refractivity contribution is 5.99. The normalized spacial score (nSPS) is 21.9. The molecular weight excluding hydrogens is 1040 g/mol. The summed E-state index contributed by atoms with van der Waals surface area (Å²) in [6, 6.07) is 5.36. The minimum atomic E-state index is -1.59. The number of fused-ring (bicyclic) bond motifs is 1. The second-order valence-corrected chi connectivity index (χ2v) is 20.4. The van der Waals surface area contributed by atoms with Crippen LogP contribution in [0.15, 0.2) is 72.2 Å². The second-order valence-electron chi connectivity index (χ2n) is 20.4. The predicted molar refractivity (Wildman–Crippen MR) is 300 cm³/mol. The van der Waals surface area contributed by atoms with Gasteiger partial charge in [0.05, 0.1) is 26.0 Å². The molecule has 438 valence electrons. The molecule has 2 aliphatic heterocycles. The molecule has 2 aliphatic rings. The fourth-order valence-electron chi connectivity index (χ4n) is 9.58. The number of benzene rings is 2. The average molecular weight is 1120 g/mol. The Balaban J connectivity index is 1.39. The first-order chi connectivity index (χ1) is 39.0. The summed E-state index contributed by atoms with van der Waals surface area (Å²) in [5, 5.41) is 22.6. The van der Waals surface area contributed by atoms with E-state index < -0.39 is 102 Å². The number of hydrogen-bond acceptors (Lipinski definition) is 13. The highest BCUT2D eigenvalue weighted by Crippen LogP contribution is 2.20. The number of rotatable bonds is 19. The van der Waals surface area contributed by atoms with Gasteiger partial charge in [0.1, 0.15) is 42.3 Å². The Morgan fingerprint density at radius 2 is 1.43 bits per heavy atom. The van der Waals surface area contributed by atoms with E-state index in [1.807, 2.05) is 55.5 Å². The van der Waals surface area contributed by atoms with Crippen molar-refractivity contribution in [3.63, 3.8) is 0 Å². The Hall–Kier alpha value is -8.39. The number of imidazole rings is 1. The van der Waals surface area contributed by atoms with E-state index >= 15 is 0 Å². The van der Waals surface area contributed by atoms with E-state index in [2.05, 4.69) is 67.4 Å². The van der Waals surface area contributed by atoms with E-state index in [0.717, 1.165) is 29.6 Å². The van der Waals surface area contributed by atoms with Crippen molar-refractivity contribution in [3.8, 4) is 0 Å². The molecule has 4 aromatic rings. The molecule has 0 aliphatic carbocycles. The maximum atomic E-state index is 15.0. The van der Waals surface area contributed by atoms with Crippen LogP contribution < -0.4 is 59.7 Å². The maximum Gasteiger partial charge on any atom is 0.243 e. The van der Waals surface area contributed by atoms with E-state index in [1.54, 1.807) is 6.20 Å². The standard InChI is InChI=1S/C55H78N16O10/c1-3-4-11-41(64-33(2)72)49(75)70-46-28-47(73)60-19-8-7-13-40(48(56)74)65-52(78)44(26-36-29-62-39-12-6-5-10-38(36)39)68-50(76)42(14-9-20-61-55(57)58)66-51(77)43(67-53(79)45(69-54(46)80)27-37-30-59-32-63-37)25-34-15-17-35(18-16-34)31-71-21-23-81-24-22-71/h5-6,10,12,15-18,29-30,32,40-46,62H,3-4,7-9,11,13-14,19-28,31H2,1-2H3,(H2,56,74)(H,59,63)(H,60,73)(H,64,72)(H,65,78)(H,66,77)(H,67,79)(H,68,76)(H,69,80)(H,70,75)(H4,57,58,61)/t40-,41-,42-,43+,44-,45-,46-/m0/s1. The lowest BCUT2D eigenvalue weighted by Crippen LogP contribution is -2.61. The van der Waals surface area contributed by atoms with Crippen LogP contribution in [0.4, 0.5) is 0 Å². The van der Waals surface area contributed by atoms with Gasteiger partial charge in [-0.1, -0.05) is 62.2 Å². The van der Waals surface area contributed by atoms with Crippen molar-refractivity contribution in [2.24, 2.45) is 22.2 Å². The molecule has 2 aromatic carbocycles. The molecule has 2 fully saturated rings. The van der Waals surface area contributed by atoms with E-state index in [9.17, 15) is 43.2 Å². The van der Waals surface area contributed by atoms with Crippen molar-refractivity contribution in [1.82, 2.24) is 62.4 Å². The van der Waals surface area contributed by atoms with Gasteiger partial charge in [-0.2, -0.15) is 0 Å². The smallest absolute Gasteiger partial charge is 0.243 e. The Labute approximate surface area is 469 Å². The number of aromatic nitrogens is 3. The summed E-state index contributed by atoms with van der Waals surface area (Å²) in [5.74, 6) is -7.11. The minimum Gasteiger partial charge on any atom is -0.379 e. The Kier molecular flexibility index (Phi) is 24.0. The number of aliphatic imine (C=N–C) groups is 1. The molecule has 26 nitrogen and oxygen atoms in total. The van der Waals surface area contributed by atoms with Crippen molar-refractivity contribution < 1.29 is 47.9 Å². The quantitative estimate of drug-likeness (QED) is 0.0292. The number of unbranched alkanes of at least 4 members (excludes halogenated alkanes) is 1. The Morgan fingerprint density at radius 3 is 2.11 bits per heavy atom. The highest BCUT2D eigenvalue weighted by atomic mass is 16.5. The van der Waals surface area contributed by atoms with E-state index in [-0.39, 0.29) is 76.8 Å². The van der Waals surface area contributed by atoms with Gasteiger partial charge in [0.25, 0.3) is 0 Å². The highest BCUT2D eigenvalue weighted by Gasteiger charge is 2.35. The number of guanidine groups is 1. The van der Waals surface area contributed by atoms with Crippen molar-refractivity contribution >= 4 is 70.0 Å². The number of primary amides is 1. The number of aromatic amines is 2. The molecular formula is C55H78N16O10. The van der Waals surface area contributed by atoms with Gasteiger partial charge in [-0.3, -0.25) is 53.0 Å². The van der Waals surface area contributed by atoms with Crippen LogP contribution in [-0.2, 0) is 73.7 Å². The molecule has 0 radical (unpaired) electrons. The lowest BCUT2D eigenvalue weighted by molar-refractivity contribution is -0.136. The number of nitrogens with one attached hydrogen (secondary N) is 10. The second kappa shape index (κ2) is 31.4. The summed E-state index contributed by atoms with van der Waals surface area (Å²) >= 11 is 0. The minimum absolute atomic E-state index is 0.0360. The number of nitrogens with zero attached hydrogens (tertiary/aromatic N) is 3. The van der Waals surface area contributed by atoms with Crippen molar-refractivity contribution in [1.29, 1.82) is 0 Å². The number of nitrogens with two attached hydrogens (primary N) is 3. The van der Waals surface area contributed by atoms with Crippen LogP contribution in [0, 0.1) is 0 Å². The molecule has 0 bridgehead atoms. The molecule has 16 N–H and O–H groups in total. The molecule has 26 heteroatoms. The van der Waals surface area contributed by atoms with Crippen LogP contribution in [0.1, 0.15) is 94.0 Å². The van der Waals surface area contributed by atoms with Gasteiger partial charge in [-0.05, 0) is 61.3 Å². The Bertz CT molecular complexity index is 2790. The zero-order valence-electron chi connectivity index (χ0n) is 46.0. The van der Waals surface area contributed by atoms with Gasteiger partial charge >= 0.3 is 0 Å². The molecule has 2 saturated heterocycles. The van der Waals surface area contributed by atoms with Gasteiger partial charge in [0.2, 0.25) is 53.2 Å². The van der Waals surface area contributed by atoms with Crippen LogP contribution in [-0.4, -0.2) is 161 Å². The van der Waals surface area contributed by atoms with Crippen LogP contribution >= 0.6 is 0 Å². The van der Waals surface area contributed by atoms with Gasteiger partial charge in [0, 0.05) is 87.9 Å². The number of ether oxygens (including phenoxy) is 1. The summed E-state index contributed by atoms with van der Waals surface area (Å²) in [6.07, 6.45) is 5.66. The first-order valence-electron chi connectivity index (χ1n) is 27.6. The lowest BCUT2D eigenvalue weighted by atomic mass is 10.0. The molecule has 2 aromatic heterocycles. The molecule has 6 rings (SSSR count). The molecule has 0 spiro atoms. The van der Waals surface area contributed by atoms with E-state index in [0.29, 0.717) is 49.4 Å². The van der Waals surface area contributed by atoms with Crippen LogP contribution in [0.5, 0.6) is 0 Å². The molecule has 0 unspecified atom stereocenters. The van der Waals surface area contributed by atoms with Crippen LogP contribution in [0.25, 0.3) is 10.9 Å². The summed E-state index contributed by atoms with van der Waals surface area (Å²) in [5.41, 5.74) is 20.5. The summed E-state index contributed by atoms with van der Waals surface area (Å²) in [4.78, 5) is 143. The predicted octanol–water partition coefficient (Wildman–Crippen LogP) is -1.42. The fraction of sp³-hybridized carbons (Fsp3) is 0.509. The van der Waals surface area contributed by atoms with Crippen molar-refractivity contribution in [2.75, 3.05) is 39.4 Å². The molecule has 4 heterocycles. The summed E-state index contributed by atoms with van der Waals surface area (Å²) in [6.45, 7) is 6.63. The van der Waals surface area contributed by atoms with Gasteiger partial charge in [0.15, 0.2) is 5.96 Å². The zero-order valence-corrected chi connectivity index (χ0v) is 46.0. The third-order valence-electron chi connectivity index (χ3n) is 14.0. The van der Waals surface area contributed by atoms with Crippen molar-refractivity contribution in [3.05, 3.63) is 89.6 Å². The van der Waals surface area contributed by atoms with Gasteiger partial charge in [-0.25, -0.2) is 4.98 Å². The molecule has 0 saturated carbocycles. The fourth-order valence-corrected chi connectivity index (χ4v) is 9.58. The third kappa shape index (κ3) is 20.0. The average Bonchev–Trinajstić information content (AvgIpc) is 4.32. The summed E-state index contributed by atoms with van der Waals surface area (Å²) in [7, 11) is 0. The third-order valence-corrected chi connectivity index (χ3v) is 14.0. The summed E-state index contributed by atoms with van der Waals surface area (Å²) < 4.78 is 5.51. The molecule has 9 amide bonds. The number of H-pyrrole nitrogens is 2. The molecule has 7 atom stereocenters.